The predicted octanol–water partition coefficient (Wildman–Crippen LogP) is 6.06. The number of aliphatic hydroxyl groups is 1. The van der Waals surface area contributed by atoms with Gasteiger partial charge in [0.1, 0.15) is 5.82 Å². The Morgan fingerprint density at radius 1 is 1.27 bits per heavy atom. The van der Waals surface area contributed by atoms with E-state index < -0.39 is 0 Å². The number of carbonyl (C=O) groups is 1. The average Bonchev–Trinajstić information content (AvgIpc) is 3.39. The zero-order valence-electron chi connectivity index (χ0n) is 18.9. The van der Waals surface area contributed by atoms with E-state index in [0.29, 0.717) is 12.5 Å². The van der Waals surface area contributed by atoms with Gasteiger partial charge in [-0.1, -0.05) is 39.5 Å². The minimum Gasteiger partial charge on any atom is -0.396 e. The van der Waals surface area contributed by atoms with Gasteiger partial charge in [-0.15, -0.1) is 0 Å². The molecule has 0 saturated heterocycles. The van der Waals surface area contributed by atoms with Crippen molar-refractivity contribution in [2.45, 2.75) is 77.7 Å². The number of thioether (sulfide) groups is 1. The lowest BCUT2D eigenvalue weighted by Gasteiger charge is -2.20. The molecule has 1 fully saturated rings. The normalized spacial score (nSPS) is 16.0. The molecular formula is C25H38N2O2S. The molecule has 30 heavy (non-hydrogen) atoms. The van der Waals surface area contributed by atoms with Crippen molar-refractivity contribution in [2.24, 2.45) is 11.8 Å². The van der Waals surface area contributed by atoms with E-state index in [1.807, 2.05) is 12.1 Å². The number of ketones is 1. The van der Waals surface area contributed by atoms with Crippen LogP contribution in [0.3, 0.4) is 0 Å². The zero-order valence-corrected chi connectivity index (χ0v) is 19.7. The number of fused-ring (bicyclic) bond motifs is 1. The number of carbonyl (C=O) groups excluding carboxylic acids is 1. The first kappa shape index (κ1) is 23.3. The minimum absolute atomic E-state index is 0.0423. The molecule has 3 rings (SSSR count). The second kappa shape index (κ2) is 11.3. The number of rotatable bonds is 12. The van der Waals surface area contributed by atoms with Gasteiger partial charge in [0.2, 0.25) is 0 Å². The van der Waals surface area contributed by atoms with Gasteiger partial charge in [-0.2, -0.15) is 11.8 Å². The van der Waals surface area contributed by atoms with Crippen LogP contribution in [0.1, 0.15) is 87.4 Å². The Hall–Kier alpha value is -1.33. The average molecular weight is 431 g/mol. The Morgan fingerprint density at radius 3 is 2.63 bits per heavy atom. The molecule has 1 atom stereocenters. The third-order valence-electron chi connectivity index (χ3n) is 6.80. The van der Waals surface area contributed by atoms with Crippen molar-refractivity contribution in [2.75, 3.05) is 18.6 Å². The number of aliphatic hydroxyl groups excluding tert-OH is 1. The molecule has 1 aromatic carbocycles. The minimum atomic E-state index is 0.0423. The molecule has 166 valence electrons. The summed E-state index contributed by atoms with van der Waals surface area (Å²) in [6, 6.07) is 6.51. The van der Waals surface area contributed by atoms with Crippen LogP contribution < -0.4 is 0 Å². The van der Waals surface area contributed by atoms with Crippen molar-refractivity contribution < 1.29 is 9.90 Å². The van der Waals surface area contributed by atoms with Gasteiger partial charge in [-0.3, -0.25) is 4.79 Å². The fourth-order valence-corrected chi connectivity index (χ4v) is 5.49. The molecule has 1 aromatic heterocycles. The summed E-state index contributed by atoms with van der Waals surface area (Å²) >= 11 is 1.76. The van der Waals surface area contributed by atoms with E-state index in [1.54, 1.807) is 11.8 Å². The maximum Gasteiger partial charge on any atom is 0.163 e. The van der Waals surface area contributed by atoms with Crippen molar-refractivity contribution in [1.29, 1.82) is 0 Å². The molecule has 4 nitrogen and oxygen atoms in total. The van der Waals surface area contributed by atoms with Gasteiger partial charge in [0.05, 0.1) is 11.0 Å². The maximum atomic E-state index is 12.9. The van der Waals surface area contributed by atoms with Crippen molar-refractivity contribution in [1.82, 2.24) is 9.55 Å². The van der Waals surface area contributed by atoms with Crippen LogP contribution in [-0.2, 0) is 6.42 Å². The molecule has 0 amide bonds. The summed E-state index contributed by atoms with van der Waals surface area (Å²) in [7, 11) is 0. The van der Waals surface area contributed by atoms with Crippen LogP contribution in [0.4, 0.5) is 0 Å². The van der Waals surface area contributed by atoms with Crippen LogP contribution in [0.2, 0.25) is 0 Å². The summed E-state index contributed by atoms with van der Waals surface area (Å²) in [4.78, 5) is 17.9. The Labute approximate surface area is 185 Å². The van der Waals surface area contributed by atoms with E-state index >= 15 is 0 Å². The highest BCUT2D eigenvalue weighted by atomic mass is 32.2. The van der Waals surface area contributed by atoms with Crippen molar-refractivity contribution in [3.63, 3.8) is 0 Å². The molecule has 5 heteroatoms. The van der Waals surface area contributed by atoms with Crippen molar-refractivity contribution in [3.8, 4) is 0 Å². The molecule has 0 radical (unpaired) electrons. The summed E-state index contributed by atoms with van der Waals surface area (Å²) in [5.41, 5.74) is 2.84. The van der Waals surface area contributed by atoms with Crippen molar-refractivity contribution in [3.05, 3.63) is 29.6 Å². The van der Waals surface area contributed by atoms with Gasteiger partial charge in [-0.25, -0.2) is 4.98 Å². The lowest BCUT2D eigenvalue weighted by Crippen LogP contribution is -2.14. The molecule has 0 bridgehead atoms. The highest BCUT2D eigenvalue weighted by Crippen LogP contribution is 2.32. The Kier molecular flexibility index (Phi) is 8.82. The first-order chi connectivity index (χ1) is 14.6. The second-order valence-electron chi connectivity index (χ2n) is 8.88. The van der Waals surface area contributed by atoms with Gasteiger partial charge in [0.15, 0.2) is 5.78 Å². The molecule has 1 saturated carbocycles. The molecule has 1 N–H and O–H groups in total. The van der Waals surface area contributed by atoms with E-state index in [1.165, 1.54) is 31.5 Å². The highest BCUT2D eigenvalue weighted by molar-refractivity contribution is 7.98. The summed E-state index contributed by atoms with van der Waals surface area (Å²) in [5, 5.41) is 9.63. The van der Waals surface area contributed by atoms with E-state index in [9.17, 15) is 9.90 Å². The summed E-state index contributed by atoms with van der Waals surface area (Å²) < 4.78 is 2.46. The smallest absolute Gasteiger partial charge is 0.163 e. The van der Waals surface area contributed by atoms with Gasteiger partial charge >= 0.3 is 0 Å². The summed E-state index contributed by atoms with van der Waals surface area (Å²) in [6.45, 7) is 4.57. The number of imidazole rings is 1. The quantitative estimate of drug-likeness (QED) is 0.416. The number of aromatic nitrogens is 2. The third kappa shape index (κ3) is 5.47. The van der Waals surface area contributed by atoms with Crippen molar-refractivity contribution >= 4 is 28.6 Å². The van der Waals surface area contributed by atoms with Crippen LogP contribution in [0, 0.1) is 11.8 Å². The van der Waals surface area contributed by atoms with Gasteiger partial charge < -0.3 is 9.67 Å². The molecule has 1 aliphatic rings. The highest BCUT2D eigenvalue weighted by Gasteiger charge is 2.23. The van der Waals surface area contributed by atoms with Crippen LogP contribution in [0.15, 0.2) is 18.2 Å². The number of hydrogen-bond acceptors (Lipinski definition) is 4. The lowest BCUT2D eigenvalue weighted by molar-refractivity contribution is 0.0934. The largest absolute Gasteiger partial charge is 0.396 e. The fraction of sp³-hybridized carbons (Fsp3) is 0.680. The Bertz CT molecular complexity index is 822. The first-order valence-corrected chi connectivity index (χ1v) is 13.1. The lowest BCUT2D eigenvalue weighted by atomic mass is 9.96. The first-order valence-electron chi connectivity index (χ1n) is 11.7. The number of benzene rings is 1. The van der Waals surface area contributed by atoms with E-state index in [-0.39, 0.29) is 18.3 Å². The Balaban J connectivity index is 1.88. The number of Topliss-reactive ketones (excluding diaryl/α,β-unsaturated/α-hetero) is 1. The van der Waals surface area contributed by atoms with E-state index in [4.69, 9.17) is 4.98 Å². The van der Waals surface area contributed by atoms with Crippen LogP contribution in [0.25, 0.3) is 11.0 Å². The fourth-order valence-electron chi connectivity index (χ4n) is 4.92. The van der Waals surface area contributed by atoms with Gasteiger partial charge in [-0.05, 0) is 61.3 Å². The van der Waals surface area contributed by atoms with E-state index in [0.717, 1.165) is 54.0 Å². The zero-order chi connectivity index (χ0) is 21.5. The molecule has 0 aliphatic heterocycles. The van der Waals surface area contributed by atoms with Gasteiger partial charge in [0.25, 0.3) is 0 Å². The molecule has 1 aliphatic carbocycles. The monoisotopic (exact) mass is 430 g/mol. The standard InChI is InChI=1S/C25H38N2O2S/c1-4-21(5-2)27-23-11-10-20(24(29)14-19(17-28)12-13-30-3)16-22(23)26-25(27)15-18-8-6-7-9-18/h10-11,16,18-19,21,28H,4-9,12-15,17H2,1-3H3/t19-/m1/s1. The molecule has 0 spiro atoms. The number of nitrogens with zero attached hydrogens (tertiary/aromatic N) is 2. The predicted molar refractivity (Wildman–Crippen MR) is 128 cm³/mol. The van der Waals surface area contributed by atoms with E-state index in [2.05, 4.69) is 30.7 Å². The summed E-state index contributed by atoms with van der Waals surface area (Å²) in [6.07, 6.45) is 11.9. The topological polar surface area (TPSA) is 55.1 Å². The van der Waals surface area contributed by atoms with Crippen LogP contribution in [-0.4, -0.2) is 39.1 Å². The SMILES string of the molecule is CCC(CC)n1c(CC2CCCC2)nc2cc(C(=O)C[C@H](CO)CCSC)ccc21. The summed E-state index contributed by atoms with van der Waals surface area (Å²) in [5.74, 6) is 3.08. The third-order valence-corrected chi connectivity index (χ3v) is 7.44. The van der Waals surface area contributed by atoms with Crippen LogP contribution >= 0.6 is 11.8 Å². The maximum absolute atomic E-state index is 12.9. The molecule has 1 heterocycles. The van der Waals surface area contributed by atoms with Crippen LogP contribution in [0.5, 0.6) is 0 Å². The second-order valence-corrected chi connectivity index (χ2v) is 9.87. The van der Waals surface area contributed by atoms with Gasteiger partial charge in [0, 0.05) is 31.1 Å². The number of hydrogen-bond donors (Lipinski definition) is 1. The molecular weight excluding hydrogens is 392 g/mol. The molecule has 2 aromatic rings. The molecule has 0 unspecified atom stereocenters. The Morgan fingerprint density at radius 2 is 2.00 bits per heavy atom.